The molecule has 0 atom stereocenters. The zero-order chi connectivity index (χ0) is 9.10. The minimum atomic E-state index is 0.388. The Labute approximate surface area is 74.9 Å². The molecule has 2 aromatic rings. The van der Waals surface area contributed by atoms with Crippen LogP contribution < -0.4 is 0 Å². The monoisotopic (exact) mass is 170 g/mol. The Hall–Kier alpha value is -2.15. The van der Waals surface area contributed by atoms with Crippen molar-refractivity contribution in [1.29, 1.82) is 5.26 Å². The average molecular weight is 170 g/mol. The number of hydrogen-bond acceptors (Lipinski definition) is 3. The molecule has 0 saturated heterocycles. The summed E-state index contributed by atoms with van der Waals surface area (Å²) < 4.78 is 0. The molecule has 0 unspecified atom stereocenters. The molecule has 2 aromatic heterocycles. The van der Waals surface area contributed by atoms with E-state index in [1.54, 1.807) is 18.5 Å². The van der Waals surface area contributed by atoms with E-state index in [1.165, 1.54) is 0 Å². The topological polar surface area (TPSA) is 65.4 Å². The van der Waals surface area contributed by atoms with Gasteiger partial charge in [0, 0.05) is 24.0 Å². The molecule has 0 radical (unpaired) electrons. The quantitative estimate of drug-likeness (QED) is 0.702. The second kappa shape index (κ2) is 3.07. The van der Waals surface area contributed by atoms with Gasteiger partial charge in [0.2, 0.25) is 0 Å². The lowest BCUT2D eigenvalue weighted by atomic mass is 10.2. The van der Waals surface area contributed by atoms with E-state index in [0.717, 1.165) is 11.3 Å². The molecular formula is C9H6N4. The van der Waals surface area contributed by atoms with Crippen molar-refractivity contribution in [3.8, 4) is 17.3 Å². The summed E-state index contributed by atoms with van der Waals surface area (Å²) in [4.78, 5) is 3.97. The minimum Gasteiger partial charge on any atom is -0.276 e. The van der Waals surface area contributed by atoms with Crippen LogP contribution in [-0.2, 0) is 0 Å². The van der Waals surface area contributed by atoms with E-state index < -0.39 is 0 Å². The van der Waals surface area contributed by atoms with Crippen LogP contribution >= 0.6 is 0 Å². The standard InChI is InChI=1S/C9H6N4/c10-5-8-4-9(13-12-8)7-2-1-3-11-6-7/h1-4,6H,(H,12,13). The Morgan fingerprint density at radius 2 is 2.38 bits per heavy atom. The smallest absolute Gasteiger partial charge is 0.162 e. The molecule has 0 amide bonds. The first-order chi connectivity index (χ1) is 6.40. The third-order valence-electron chi connectivity index (χ3n) is 1.66. The zero-order valence-corrected chi connectivity index (χ0v) is 6.73. The van der Waals surface area contributed by atoms with Gasteiger partial charge >= 0.3 is 0 Å². The average Bonchev–Trinajstić information content (AvgIpc) is 2.67. The van der Waals surface area contributed by atoms with E-state index in [9.17, 15) is 0 Å². The molecule has 13 heavy (non-hydrogen) atoms. The van der Waals surface area contributed by atoms with Crippen molar-refractivity contribution < 1.29 is 0 Å². The summed E-state index contributed by atoms with van der Waals surface area (Å²) in [6, 6.07) is 7.39. The van der Waals surface area contributed by atoms with Crippen LogP contribution in [0.2, 0.25) is 0 Å². The van der Waals surface area contributed by atoms with Crippen LogP contribution in [0.25, 0.3) is 11.3 Å². The van der Waals surface area contributed by atoms with Crippen molar-refractivity contribution >= 4 is 0 Å². The van der Waals surface area contributed by atoms with Crippen molar-refractivity contribution in [3.05, 3.63) is 36.3 Å². The lowest BCUT2D eigenvalue weighted by Crippen LogP contribution is -1.78. The van der Waals surface area contributed by atoms with Crippen LogP contribution in [0.5, 0.6) is 0 Å². The fourth-order valence-electron chi connectivity index (χ4n) is 1.05. The molecule has 0 aromatic carbocycles. The maximum atomic E-state index is 8.55. The molecule has 4 heteroatoms. The SMILES string of the molecule is N#Cc1cc(-c2cccnc2)[nH]n1. The summed E-state index contributed by atoms with van der Waals surface area (Å²) in [5, 5.41) is 15.1. The van der Waals surface area contributed by atoms with Gasteiger partial charge in [-0.15, -0.1) is 0 Å². The first-order valence-electron chi connectivity index (χ1n) is 3.76. The van der Waals surface area contributed by atoms with E-state index in [1.807, 2.05) is 18.2 Å². The summed E-state index contributed by atoms with van der Waals surface area (Å²) in [6.45, 7) is 0. The van der Waals surface area contributed by atoms with Gasteiger partial charge in [0.05, 0.1) is 5.69 Å². The summed E-state index contributed by atoms with van der Waals surface area (Å²) in [5.41, 5.74) is 2.13. The summed E-state index contributed by atoms with van der Waals surface area (Å²) in [5.74, 6) is 0. The molecule has 0 aliphatic carbocycles. The van der Waals surface area contributed by atoms with Gasteiger partial charge in [0.1, 0.15) is 6.07 Å². The lowest BCUT2D eigenvalue weighted by molar-refractivity contribution is 1.07. The maximum Gasteiger partial charge on any atom is 0.162 e. The second-order valence-corrected chi connectivity index (χ2v) is 2.52. The van der Waals surface area contributed by atoms with E-state index in [-0.39, 0.29) is 0 Å². The Balaban J connectivity index is 2.43. The van der Waals surface area contributed by atoms with Gasteiger partial charge in [-0.2, -0.15) is 10.4 Å². The highest BCUT2D eigenvalue weighted by Crippen LogP contribution is 2.14. The minimum absolute atomic E-state index is 0.388. The largest absolute Gasteiger partial charge is 0.276 e. The lowest BCUT2D eigenvalue weighted by Gasteiger charge is -1.92. The maximum absolute atomic E-state index is 8.55. The van der Waals surface area contributed by atoms with E-state index in [2.05, 4.69) is 15.2 Å². The number of nitrogens with one attached hydrogen (secondary N) is 1. The first kappa shape index (κ1) is 7.50. The van der Waals surface area contributed by atoms with Crippen LogP contribution in [0, 0.1) is 11.3 Å². The molecule has 2 heterocycles. The van der Waals surface area contributed by atoms with Crippen LogP contribution in [0.1, 0.15) is 5.69 Å². The highest BCUT2D eigenvalue weighted by molar-refractivity contribution is 5.58. The summed E-state index contributed by atoms with van der Waals surface area (Å²) in [6.07, 6.45) is 3.42. The van der Waals surface area contributed by atoms with Gasteiger partial charge in [-0.25, -0.2) is 0 Å². The molecule has 0 fully saturated rings. The van der Waals surface area contributed by atoms with Crippen LogP contribution in [0.3, 0.4) is 0 Å². The molecule has 0 aliphatic rings. The Bertz CT molecular complexity index is 438. The summed E-state index contributed by atoms with van der Waals surface area (Å²) in [7, 11) is 0. The van der Waals surface area contributed by atoms with Crippen molar-refractivity contribution in [2.75, 3.05) is 0 Å². The van der Waals surface area contributed by atoms with E-state index >= 15 is 0 Å². The van der Waals surface area contributed by atoms with Crippen molar-refractivity contribution in [3.63, 3.8) is 0 Å². The number of nitrogens with zero attached hydrogens (tertiary/aromatic N) is 3. The molecule has 4 nitrogen and oxygen atoms in total. The molecule has 0 saturated carbocycles. The number of aromatic nitrogens is 3. The number of H-pyrrole nitrogens is 1. The Kier molecular flexibility index (Phi) is 1.77. The van der Waals surface area contributed by atoms with Gasteiger partial charge in [0.25, 0.3) is 0 Å². The normalized spacial score (nSPS) is 9.46. The van der Waals surface area contributed by atoms with Gasteiger partial charge in [-0.3, -0.25) is 10.1 Å². The third-order valence-corrected chi connectivity index (χ3v) is 1.66. The predicted octanol–water partition coefficient (Wildman–Crippen LogP) is 1.34. The molecule has 0 spiro atoms. The van der Waals surface area contributed by atoms with Crippen molar-refractivity contribution in [2.45, 2.75) is 0 Å². The van der Waals surface area contributed by atoms with Gasteiger partial charge in [-0.1, -0.05) is 0 Å². The fraction of sp³-hybridized carbons (Fsp3) is 0. The number of rotatable bonds is 1. The molecule has 1 N–H and O–H groups in total. The molecule has 0 aliphatic heterocycles. The zero-order valence-electron chi connectivity index (χ0n) is 6.73. The van der Waals surface area contributed by atoms with Crippen LogP contribution in [-0.4, -0.2) is 15.2 Å². The molecular weight excluding hydrogens is 164 g/mol. The number of hydrogen-bond donors (Lipinski definition) is 1. The fourth-order valence-corrected chi connectivity index (χ4v) is 1.05. The van der Waals surface area contributed by atoms with Crippen molar-refractivity contribution in [2.24, 2.45) is 0 Å². The highest BCUT2D eigenvalue weighted by atomic mass is 15.1. The van der Waals surface area contributed by atoms with Crippen LogP contribution in [0.15, 0.2) is 30.6 Å². The van der Waals surface area contributed by atoms with Crippen molar-refractivity contribution in [1.82, 2.24) is 15.2 Å². The third kappa shape index (κ3) is 1.40. The highest BCUT2D eigenvalue weighted by Gasteiger charge is 2.01. The van der Waals surface area contributed by atoms with E-state index in [4.69, 9.17) is 5.26 Å². The van der Waals surface area contributed by atoms with Gasteiger partial charge < -0.3 is 0 Å². The Morgan fingerprint density at radius 3 is 3.00 bits per heavy atom. The van der Waals surface area contributed by atoms with Crippen LogP contribution in [0.4, 0.5) is 0 Å². The second-order valence-electron chi connectivity index (χ2n) is 2.52. The van der Waals surface area contributed by atoms with Gasteiger partial charge in [0.15, 0.2) is 5.69 Å². The predicted molar refractivity (Wildman–Crippen MR) is 46.5 cm³/mol. The number of aromatic amines is 1. The molecule has 2 rings (SSSR count). The Morgan fingerprint density at radius 1 is 1.46 bits per heavy atom. The number of nitriles is 1. The number of pyridine rings is 1. The molecule has 0 bridgehead atoms. The molecule has 62 valence electrons. The first-order valence-corrected chi connectivity index (χ1v) is 3.76. The van der Waals surface area contributed by atoms with E-state index in [0.29, 0.717) is 5.69 Å². The summed E-state index contributed by atoms with van der Waals surface area (Å²) >= 11 is 0. The van der Waals surface area contributed by atoms with Gasteiger partial charge in [-0.05, 0) is 12.1 Å².